The lowest BCUT2D eigenvalue weighted by Gasteiger charge is -2.04. The second-order valence-corrected chi connectivity index (χ2v) is 4.28. The van der Waals surface area contributed by atoms with Crippen LogP contribution in [0.2, 0.25) is 5.02 Å². The summed E-state index contributed by atoms with van der Waals surface area (Å²) in [5, 5.41) is 5.00. The van der Waals surface area contributed by atoms with Crippen molar-refractivity contribution in [3.8, 4) is 0 Å². The Kier molecular flexibility index (Phi) is 4.07. The van der Waals surface area contributed by atoms with Crippen LogP contribution in [0.3, 0.4) is 0 Å². The van der Waals surface area contributed by atoms with Gasteiger partial charge in [-0.25, -0.2) is 4.79 Å². The first-order valence-electron chi connectivity index (χ1n) is 5.55. The number of aromatic nitrogens is 1. The van der Waals surface area contributed by atoms with Crippen molar-refractivity contribution in [3.63, 3.8) is 0 Å². The van der Waals surface area contributed by atoms with Gasteiger partial charge >= 0.3 is 6.09 Å². The first kappa shape index (κ1) is 12.7. The third kappa shape index (κ3) is 3.15. The lowest BCUT2D eigenvalue weighted by Crippen LogP contribution is -2.23. The Morgan fingerprint density at radius 2 is 2.33 bits per heavy atom. The Morgan fingerprint density at radius 3 is 3.11 bits per heavy atom. The minimum Gasteiger partial charge on any atom is -0.448 e. The van der Waals surface area contributed by atoms with Crippen LogP contribution < -0.4 is 11.1 Å². The van der Waals surface area contributed by atoms with Crippen LogP contribution in [0.4, 0.5) is 4.79 Å². The Balaban J connectivity index is 1.90. The second-order valence-electron chi connectivity index (χ2n) is 3.85. The third-order valence-electron chi connectivity index (χ3n) is 2.57. The van der Waals surface area contributed by atoms with Gasteiger partial charge in [-0.1, -0.05) is 17.7 Å². The molecular weight excluding hydrogens is 254 g/mol. The first-order valence-corrected chi connectivity index (χ1v) is 5.93. The molecule has 0 aliphatic heterocycles. The van der Waals surface area contributed by atoms with Crippen LogP contribution in [0.25, 0.3) is 10.9 Å². The number of carbonyl (C=O) groups is 1. The van der Waals surface area contributed by atoms with Crippen molar-refractivity contribution in [2.75, 3.05) is 13.2 Å². The summed E-state index contributed by atoms with van der Waals surface area (Å²) in [5.74, 6) is 0. The largest absolute Gasteiger partial charge is 0.448 e. The van der Waals surface area contributed by atoms with Gasteiger partial charge in [0.25, 0.3) is 0 Å². The van der Waals surface area contributed by atoms with Gasteiger partial charge in [-0.3, -0.25) is 0 Å². The SMILES string of the molecule is NC(=O)OCCNCc1c[nH]c2cc(Cl)ccc12. The molecule has 0 bridgehead atoms. The fourth-order valence-corrected chi connectivity index (χ4v) is 1.92. The standard InChI is InChI=1S/C12H14ClN3O2/c13-9-1-2-10-8(7-16-11(10)5-9)6-15-3-4-18-12(14)17/h1-2,5,7,15-16H,3-4,6H2,(H2,14,17). The van der Waals surface area contributed by atoms with Gasteiger partial charge in [0.2, 0.25) is 0 Å². The van der Waals surface area contributed by atoms with Crippen LogP contribution in [0.5, 0.6) is 0 Å². The van der Waals surface area contributed by atoms with Crippen molar-refractivity contribution in [2.45, 2.75) is 6.54 Å². The Morgan fingerprint density at radius 1 is 1.50 bits per heavy atom. The van der Waals surface area contributed by atoms with E-state index in [1.807, 2.05) is 24.4 Å². The summed E-state index contributed by atoms with van der Waals surface area (Å²) in [4.78, 5) is 13.5. The van der Waals surface area contributed by atoms with E-state index in [1.54, 1.807) is 0 Å². The molecule has 96 valence electrons. The van der Waals surface area contributed by atoms with Gasteiger partial charge in [0.15, 0.2) is 0 Å². The molecule has 2 rings (SSSR count). The number of fused-ring (bicyclic) bond motifs is 1. The number of benzene rings is 1. The van der Waals surface area contributed by atoms with E-state index in [0.29, 0.717) is 18.1 Å². The predicted molar refractivity (Wildman–Crippen MR) is 70.6 cm³/mol. The van der Waals surface area contributed by atoms with Gasteiger partial charge < -0.3 is 20.8 Å². The van der Waals surface area contributed by atoms with Crippen molar-refractivity contribution in [2.24, 2.45) is 5.73 Å². The Labute approximate surface area is 109 Å². The number of rotatable bonds is 5. The molecule has 0 unspecified atom stereocenters. The van der Waals surface area contributed by atoms with Crippen molar-refractivity contribution in [1.29, 1.82) is 0 Å². The number of aromatic amines is 1. The fourth-order valence-electron chi connectivity index (χ4n) is 1.75. The van der Waals surface area contributed by atoms with Crippen LogP contribution in [0, 0.1) is 0 Å². The normalized spacial score (nSPS) is 10.7. The molecule has 18 heavy (non-hydrogen) atoms. The number of carbonyl (C=O) groups excluding carboxylic acids is 1. The Hall–Kier alpha value is -1.72. The molecule has 1 heterocycles. The molecule has 0 spiro atoms. The molecule has 0 aliphatic carbocycles. The highest BCUT2D eigenvalue weighted by Gasteiger charge is 2.03. The minimum absolute atomic E-state index is 0.267. The van der Waals surface area contributed by atoms with E-state index >= 15 is 0 Å². The number of amides is 1. The maximum Gasteiger partial charge on any atom is 0.404 e. The van der Waals surface area contributed by atoms with Gasteiger partial charge in [-0.2, -0.15) is 0 Å². The zero-order chi connectivity index (χ0) is 13.0. The van der Waals surface area contributed by atoms with E-state index in [-0.39, 0.29) is 6.61 Å². The molecule has 0 atom stereocenters. The number of halogens is 1. The van der Waals surface area contributed by atoms with Crippen LogP contribution >= 0.6 is 11.6 Å². The van der Waals surface area contributed by atoms with Crippen LogP contribution in [0.1, 0.15) is 5.56 Å². The van der Waals surface area contributed by atoms with Gasteiger partial charge in [-0.15, -0.1) is 0 Å². The summed E-state index contributed by atoms with van der Waals surface area (Å²) in [6.07, 6.45) is 1.18. The van der Waals surface area contributed by atoms with E-state index in [1.165, 1.54) is 0 Å². The van der Waals surface area contributed by atoms with E-state index in [4.69, 9.17) is 17.3 Å². The summed E-state index contributed by atoms with van der Waals surface area (Å²) in [7, 11) is 0. The molecule has 0 saturated heterocycles. The van der Waals surface area contributed by atoms with Gasteiger partial charge in [-0.05, 0) is 17.7 Å². The van der Waals surface area contributed by atoms with E-state index in [0.717, 1.165) is 16.5 Å². The summed E-state index contributed by atoms with van der Waals surface area (Å²) in [6.45, 7) is 1.51. The quantitative estimate of drug-likeness (QED) is 0.725. The van der Waals surface area contributed by atoms with Gasteiger partial charge in [0, 0.05) is 35.2 Å². The molecule has 1 amide bonds. The highest BCUT2D eigenvalue weighted by Crippen LogP contribution is 2.21. The van der Waals surface area contributed by atoms with E-state index in [2.05, 4.69) is 15.0 Å². The number of ether oxygens (including phenoxy) is 1. The van der Waals surface area contributed by atoms with Crippen molar-refractivity contribution in [3.05, 3.63) is 35.0 Å². The third-order valence-corrected chi connectivity index (χ3v) is 2.80. The maximum absolute atomic E-state index is 10.4. The molecular formula is C12H14ClN3O2. The summed E-state index contributed by atoms with van der Waals surface area (Å²) < 4.78 is 4.62. The summed E-state index contributed by atoms with van der Waals surface area (Å²) in [5.41, 5.74) is 7.00. The number of nitrogens with one attached hydrogen (secondary N) is 2. The molecule has 4 N–H and O–H groups in total. The predicted octanol–water partition coefficient (Wildman–Crippen LogP) is 2.01. The number of hydrogen-bond donors (Lipinski definition) is 3. The zero-order valence-corrected chi connectivity index (χ0v) is 10.5. The van der Waals surface area contributed by atoms with Crippen molar-refractivity contribution in [1.82, 2.24) is 10.3 Å². The van der Waals surface area contributed by atoms with E-state index < -0.39 is 6.09 Å². The summed E-state index contributed by atoms with van der Waals surface area (Å²) in [6, 6.07) is 5.72. The van der Waals surface area contributed by atoms with Crippen molar-refractivity contribution >= 4 is 28.6 Å². The molecule has 6 heteroatoms. The van der Waals surface area contributed by atoms with Crippen LogP contribution in [-0.2, 0) is 11.3 Å². The summed E-state index contributed by atoms with van der Waals surface area (Å²) >= 11 is 5.91. The molecule has 0 saturated carbocycles. The number of nitrogens with two attached hydrogens (primary N) is 1. The molecule has 2 aromatic rings. The monoisotopic (exact) mass is 267 g/mol. The van der Waals surface area contributed by atoms with Crippen LogP contribution in [0.15, 0.2) is 24.4 Å². The van der Waals surface area contributed by atoms with Gasteiger partial charge in [0.05, 0.1) is 0 Å². The minimum atomic E-state index is -0.751. The van der Waals surface area contributed by atoms with Crippen molar-refractivity contribution < 1.29 is 9.53 Å². The molecule has 0 radical (unpaired) electrons. The highest BCUT2D eigenvalue weighted by molar-refractivity contribution is 6.31. The van der Waals surface area contributed by atoms with Crippen LogP contribution in [-0.4, -0.2) is 24.2 Å². The molecule has 0 aliphatic rings. The average molecular weight is 268 g/mol. The number of primary amides is 1. The molecule has 1 aromatic carbocycles. The Bertz CT molecular complexity index is 553. The smallest absolute Gasteiger partial charge is 0.404 e. The molecule has 0 fully saturated rings. The topological polar surface area (TPSA) is 80.1 Å². The zero-order valence-electron chi connectivity index (χ0n) is 9.70. The fraction of sp³-hybridized carbons (Fsp3) is 0.250. The molecule has 5 nitrogen and oxygen atoms in total. The highest BCUT2D eigenvalue weighted by atomic mass is 35.5. The maximum atomic E-state index is 10.4. The number of H-pyrrole nitrogens is 1. The number of hydrogen-bond acceptors (Lipinski definition) is 3. The molecule has 1 aromatic heterocycles. The lowest BCUT2D eigenvalue weighted by molar-refractivity contribution is 0.157. The van der Waals surface area contributed by atoms with Gasteiger partial charge in [0.1, 0.15) is 6.61 Å². The first-order chi connectivity index (χ1) is 8.66. The van der Waals surface area contributed by atoms with E-state index in [9.17, 15) is 4.79 Å². The average Bonchev–Trinajstić information content (AvgIpc) is 2.70. The lowest BCUT2D eigenvalue weighted by atomic mass is 10.2. The second kappa shape index (κ2) is 5.75.